The zero-order valence-corrected chi connectivity index (χ0v) is 15.2. The van der Waals surface area contributed by atoms with Crippen molar-refractivity contribution in [1.29, 1.82) is 0 Å². The molecule has 0 aromatic rings. The van der Waals surface area contributed by atoms with Gasteiger partial charge in [-0.25, -0.2) is 0 Å². The van der Waals surface area contributed by atoms with Crippen LogP contribution in [0.4, 0.5) is 0 Å². The van der Waals surface area contributed by atoms with Gasteiger partial charge in [0, 0.05) is 6.61 Å². The van der Waals surface area contributed by atoms with E-state index in [1.54, 1.807) is 0 Å². The number of rotatable bonds is 15. The third kappa shape index (κ3) is 10.6. The number of carboxylic acids is 1. The lowest BCUT2D eigenvalue weighted by Gasteiger charge is -2.08. The van der Waals surface area contributed by atoms with Crippen LogP contribution in [0.25, 0.3) is 0 Å². The van der Waals surface area contributed by atoms with E-state index < -0.39 is 5.97 Å². The van der Waals surface area contributed by atoms with E-state index in [1.165, 1.54) is 57.8 Å². The number of allylic oxidation sites excluding steroid dienone is 4. The molecule has 0 bridgehead atoms. The molecular formula is C21H36O3. The van der Waals surface area contributed by atoms with Crippen LogP contribution in [0.1, 0.15) is 83.5 Å². The molecule has 0 amide bonds. The average Bonchev–Trinajstić information content (AvgIpc) is 3.08. The van der Waals surface area contributed by atoms with Gasteiger partial charge in [-0.2, -0.15) is 0 Å². The van der Waals surface area contributed by atoms with Gasteiger partial charge in [0.1, 0.15) is 0 Å². The third-order valence-corrected chi connectivity index (χ3v) is 4.96. The number of aliphatic hydroxyl groups is 1. The summed E-state index contributed by atoms with van der Waals surface area (Å²) in [5.74, 6) is -0.230. The lowest BCUT2D eigenvalue weighted by Crippen LogP contribution is -2.13. The number of hydrogen-bond donors (Lipinski definition) is 2. The second-order valence-corrected chi connectivity index (χ2v) is 7.07. The summed E-state index contributed by atoms with van der Waals surface area (Å²) in [6, 6.07) is 0. The second kappa shape index (κ2) is 14.3. The SMILES string of the molecule is O=C(O)[C@@H](C/C=C\CCCCCCCC[C@@H]1C=CCC1)CCCO. The Bertz CT molecular complexity index is 373. The van der Waals surface area contributed by atoms with E-state index in [0.717, 1.165) is 12.3 Å². The lowest BCUT2D eigenvalue weighted by molar-refractivity contribution is -0.141. The monoisotopic (exact) mass is 336 g/mol. The summed E-state index contributed by atoms with van der Waals surface area (Å²) in [5.41, 5.74) is 0. The molecule has 0 radical (unpaired) electrons. The highest BCUT2D eigenvalue weighted by molar-refractivity contribution is 5.70. The van der Waals surface area contributed by atoms with Gasteiger partial charge >= 0.3 is 5.97 Å². The molecule has 0 unspecified atom stereocenters. The van der Waals surface area contributed by atoms with Gasteiger partial charge in [-0.15, -0.1) is 0 Å². The fourth-order valence-electron chi connectivity index (χ4n) is 3.37. The van der Waals surface area contributed by atoms with Crippen molar-refractivity contribution >= 4 is 5.97 Å². The van der Waals surface area contributed by atoms with Crippen LogP contribution in [0, 0.1) is 11.8 Å². The fourth-order valence-corrected chi connectivity index (χ4v) is 3.37. The molecule has 0 aliphatic heterocycles. The first-order valence-corrected chi connectivity index (χ1v) is 9.89. The van der Waals surface area contributed by atoms with Gasteiger partial charge in [0.05, 0.1) is 5.92 Å². The average molecular weight is 337 g/mol. The maximum Gasteiger partial charge on any atom is 0.306 e. The Labute approximate surface area is 147 Å². The quantitative estimate of drug-likeness (QED) is 0.307. The smallest absolute Gasteiger partial charge is 0.306 e. The highest BCUT2D eigenvalue weighted by atomic mass is 16.4. The van der Waals surface area contributed by atoms with Gasteiger partial charge in [-0.3, -0.25) is 4.79 Å². The minimum atomic E-state index is -0.749. The normalized spacial score (nSPS) is 18.5. The standard InChI is InChI=1S/C21H36O3/c22-18-12-17-20(21(23)24)16-9-7-5-3-1-2-4-6-8-13-19-14-10-11-15-19/h7,9-10,14,19-20,22H,1-6,8,11-13,15-18H2,(H,23,24)/b9-7-/t19-,20+/m1/s1. The van der Waals surface area contributed by atoms with Crippen LogP contribution in [-0.4, -0.2) is 22.8 Å². The van der Waals surface area contributed by atoms with Crippen molar-refractivity contribution in [2.75, 3.05) is 6.61 Å². The van der Waals surface area contributed by atoms with Crippen LogP contribution in [0.2, 0.25) is 0 Å². The van der Waals surface area contributed by atoms with Gasteiger partial charge in [0.15, 0.2) is 0 Å². The first kappa shape index (κ1) is 21.0. The van der Waals surface area contributed by atoms with Gasteiger partial charge in [0.25, 0.3) is 0 Å². The number of carbonyl (C=O) groups is 1. The summed E-state index contributed by atoms with van der Waals surface area (Å²) in [4.78, 5) is 11.1. The van der Waals surface area contributed by atoms with Gasteiger partial charge in [-0.1, -0.05) is 56.4 Å². The van der Waals surface area contributed by atoms with Crippen molar-refractivity contribution in [2.24, 2.45) is 11.8 Å². The first-order chi connectivity index (χ1) is 11.7. The van der Waals surface area contributed by atoms with E-state index in [4.69, 9.17) is 10.2 Å². The Balaban J connectivity index is 1.89. The maximum atomic E-state index is 11.1. The van der Waals surface area contributed by atoms with Gasteiger partial charge < -0.3 is 10.2 Å². The Morgan fingerprint density at radius 1 is 1.08 bits per heavy atom. The van der Waals surface area contributed by atoms with Crippen molar-refractivity contribution < 1.29 is 15.0 Å². The second-order valence-electron chi connectivity index (χ2n) is 7.07. The molecule has 1 aliphatic rings. The van der Waals surface area contributed by atoms with Crippen LogP contribution >= 0.6 is 0 Å². The maximum absolute atomic E-state index is 11.1. The van der Waals surface area contributed by atoms with Crippen LogP contribution in [0.3, 0.4) is 0 Å². The van der Waals surface area contributed by atoms with Gasteiger partial charge in [0.2, 0.25) is 0 Å². The van der Waals surface area contributed by atoms with E-state index in [9.17, 15) is 4.79 Å². The van der Waals surface area contributed by atoms with Crippen molar-refractivity contribution in [3.63, 3.8) is 0 Å². The molecular weight excluding hydrogens is 300 g/mol. The molecule has 3 nitrogen and oxygen atoms in total. The largest absolute Gasteiger partial charge is 0.481 e. The van der Waals surface area contributed by atoms with E-state index in [0.29, 0.717) is 19.3 Å². The molecule has 3 heteroatoms. The minimum Gasteiger partial charge on any atom is -0.481 e. The summed E-state index contributed by atoms with van der Waals surface area (Å²) >= 11 is 0. The summed E-state index contributed by atoms with van der Waals surface area (Å²) in [6.07, 6.45) is 23.6. The molecule has 0 fully saturated rings. The topological polar surface area (TPSA) is 57.5 Å². The number of aliphatic carboxylic acids is 1. The summed E-state index contributed by atoms with van der Waals surface area (Å²) in [7, 11) is 0. The summed E-state index contributed by atoms with van der Waals surface area (Å²) in [5, 5.41) is 17.9. The Kier molecular flexibility index (Phi) is 12.5. The molecule has 2 N–H and O–H groups in total. The van der Waals surface area contributed by atoms with Crippen molar-refractivity contribution in [1.82, 2.24) is 0 Å². The van der Waals surface area contributed by atoms with Crippen LogP contribution in [0.15, 0.2) is 24.3 Å². The summed E-state index contributed by atoms with van der Waals surface area (Å²) in [6.45, 7) is 0.0743. The zero-order valence-electron chi connectivity index (χ0n) is 15.2. The predicted octanol–water partition coefficient (Wildman–Crippen LogP) is 5.49. The molecule has 0 saturated heterocycles. The van der Waals surface area contributed by atoms with Gasteiger partial charge in [-0.05, 0) is 57.3 Å². The molecule has 1 rings (SSSR count). The number of aliphatic hydroxyl groups excluding tert-OH is 1. The van der Waals surface area contributed by atoms with E-state index in [1.807, 2.05) is 6.08 Å². The Hall–Kier alpha value is -1.09. The minimum absolute atomic E-state index is 0.0743. The van der Waals surface area contributed by atoms with Crippen LogP contribution < -0.4 is 0 Å². The van der Waals surface area contributed by atoms with E-state index in [2.05, 4.69) is 18.2 Å². The van der Waals surface area contributed by atoms with E-state index in [-0.39, 0.29) is 12.5 Å². The lowest BCUT2D eigenvalue weighted by atomic mass is 9.99. The molecule has 0 aromatic heterocycles. The fraction of sp³-hybridized carbons (Fsp3) is 0.762. The molecule has 138 valence electrons. The summed E-state index contributed by atoms with van der Waals surface area (Å²) < 4.78 is 0. The Morgan fingerprint density at radius 3 is 2.50 bits per heavy atom. The predicted molar refractivity (Wildman–Crippen MR) is 100 cm³/mol. The molecule has 0 aromatic carbocycles. The molecule has 0 saturated carbocycles. The molecule has 0 spiro atoms. The molecule has 2 atom stereocenters. The van der Waals surface area contributed by atoms with Crippen LogP contribution in [0.5, 0.6) is 0 Å². The van der Waals surface area contributed by atoms with Crippen molar-refractivity contribution in [2.45, 2.75) is 83.5 Å². The number of unbranched alkanes of at least 4 members (excludes halogenated alkanes) is 6. The zero-order chi connectivity index (χ0) is 17.5. The molecule has 1 aliphatic carbocycles. The first-order valence-electron chi connectivity index (χ1n) is 9.89. The highest BCUT2D eigenvalue weighted by Gasteiger charge is 2.14. The highest BCUT2D eigenvalue weighted by Crippen LogP contribution is 2.23. The number of hydrogen-bond acceptors (Lipinski definition) is 2. The van der Waals surface area contributed by atoms with Crippen LogP contribution in [-0.2, 0) is 4.79 Å². The van der Waals surface area contributed by atoms with Crippen molar-refractivity contribution in [3.8, 4) is 0 Å². The Morgan fingerprint density at radius 2 is 1.83 bits per heavy atom. The third-order valence-electron chi connectivity index (χ3n) is 4.96. The number of carboxylic acid groups (broad SMARTS) is 1. The molecule has 0 heterocycles. The van der Waals surface area contributed by atoms with Crippen molar-refractivity contribution in [3.05, 3.63) is 24.3 Å². The van der Waals surface area contributed by atoms with E-state index >= 15 is 0 Å². The molecule has 24 heavy (non-hydrogen) atoms.